The fraction of sp³-hybridized carbons (Fsp3) is 0.250. The number of benzene rings is 2. The van der Waals surface area contributed by atoms with Crippen molar-refractivity contribution in [2.75, 3.05) is 19.0 Å². The van der Waals surface area contributed by atoms with Crippen molar-refractivity contribution in [1.82, 2.24) is 0 Å². The van der Waals surface area contributed by atoms with E-state index in [4.69, 9.17) is 10.5 Å². The van der Waals surface area contributed by atoms with Crippen molar-refractivity contribution in [3.05, 3.63) is 65.7 Å². The van der Waals surface area contributed by atoms with Crippen LogP contribution in [0.5, 0.6) is 0 Å². The molecule has 0 fully saturated rings. The number of rotatable bonds is 6. The van der Waals surface area contributed by atoms with Crippen LogP contribution < -0.4 is 11.1 Å². The van der Waals surface area contributed by atoms with E-state index >= 15 is 0 Å². The molecule has 0 aromatic heterocycles. The molecule has 2 aromatic carbocycles. The summed E-state index contributed by atoms with van der Waals surface area (Å²) in [5.74, 6) is 0. The number of anilines is 1. The quantitative estimate of drug-likeness (QED) is 0.835. The fourth-order valence-electron chi connectivity index (χ4n) is 2.03. The average molecular weight is 256 g/mol. The van der Waals surface area contributed by atoms with E-state index < -0.39 is 0 Å². The third kappa shape index (κ3) is 3.81. The maximum absolute atomic E-state index is 5.86. The van der Waals surface area contributed by atoms with Crippen LogP contribution in [-0.2, 0) is 11.3 Å². The molecule has 2 aromatic rings. The highest BCUT2D eigenvalue weighted by Gasteiger charge is 2.09. The second-order valence-corrected chi connectivity index (χ2v) is 4.47. The van der Waals surface area contributed by atoms with E-state index in [0.29, 0.717) is 13.2 Å². The number of nitrogens with one attached hydrogen (secondary N) is 1. The zero-order valence-electron chi connectivity index (χ0n) is 11.2. The monoisotopic (exact) mass is 256 g/mol. The van der Waals surface area contributed by atoms with E-state index in [1.54, 1.807) is 7.11 Å². The first-order valence-corrected chi connectivity index (χ1v) is 6.43. The normalized spacial score (nSPS) is 12.1. The Bertz CT molecular complexity index is 482. The summed E-state index contributed by atoms with van der Waals surface area (Å²) in [6.07, 6.45) is 0. The van der Waals surface area contributed by atoms with Gasteiger partial charge in [-0.3, -0.25) is 0 Å². The number of hydrogen-bond donors (Lipinski definition) is 2. The van der Waals surface area contributed by atoms with Crippen molar-refractivity contribution in [1.29, 1.82) is 0 Å². The lowest BCUT2D eigenvalue weighted by atomic mass is 10.0. The smallest absolute Gasteiger partial charge is 0.0713 e. The molecule has 0 aliphatic rings. The summed E-state index contributed by atoms with van der Waals surface area (Å²) >= 11 is 0. The van der Waals surface area contributed by atoms with Crippen LogP contribution in [0.2, 0.25) is 0 Å². The molecular formula is C16H20N2O. The molecule has 1 atom stereocenters. The molecule has 100 valence electrons. The Morgan fingerprint density at radius 1 is 1.05 bits per heavy atom. The van der Waals surface area contributed by atoms with E-state index in [9.17, 15) is 0 Å². The lowest BCUT2D eigenvalue weighted by molar-refractivity contribution is 0.185. The van der Waals surface area contributed by atoms with E-state index in [0.717, 1.165) is 5.69 Å². The Balaban J connectivity index is 2.08. The SMILES string of the molecule is COCc1ccc(C(CN)Nc2ccccc2)cc1. The zero-order chi connectivity index (χ0) is 13.5. The van der Waals surface area contributed by atoms with Gasteiger partial charge < -0.3 is 15.8 Å². The Morgan fingerprint density at radius 2 is 1.74 bits per heavy atom. The molecule has 0 radical (unpaired) electrons. The maximum atomic E-state index is 5.86. The van der Waals surface area contributed by atoms with Crippen LogP contribution in [0.15, 0.2) is 54.6 Å². The first-order valence-electron chi connectivity index (χ1n) is 6.43. The number of para-hydroxylation sites is 1. The van der Waals surface area contributed by atoms with Crippen molar-refractivity contribution in [2.45, 2.75) is 12.6 Å². The van der Waals surface area contributed by atoms with Gasteiger partial charge in [-0.1, -0.05) is 42.5 Å². The fourth-order valence-corrected chi connectivity index (χ4v) is 2.03. The Hall–Kier alpha value is -1.84. The predicted molar refractivity (Wildman–Crippen MR) is 79.0 cm³/mol. The summed E-state index contributed by atoms with van der Waals surface area (Å²) in [5.41, 5.74) is 9.30. The summed E-state index contributed by atoms with van der Waals surface area (Å²) in [4.78, 5) is 0. The van der Waals surface area contributed by atoms with Crippen LogP contribution in [0.25, 0.3) is 0 Å². The van der Waals surface area contributed by atoms with Crippen molar-refractivity contribution in [3.63, 3.8) is 0 Å². The summed E-state index contributed by atoms with van der Waals surface area (Å²) in [5, 5.41) is 3.44. The summed E-state index contributed by atoms with van der Waals surface area (Å²) in [6.45, 7) is 1.19. The van der Waals surface area contributed by atoms with Gasteiger partial charge in [-0.2, -0.15) is 0 Å². The van der Waals surface area contributed by atoms with Gasteiger partial charge in [0, 0.05) is 19.3 Å². The Morgan fingerprint density at radius 3 is 2.32 bits per heavy atom. The Kier molecular flexibility index (Phi) is 4.95. The lowest BCUT2D eigenvalue weighted by Gasteiger charge is -2.19. The number of nitrogens with two attached hydrogens (primary N) is 1. The molecule has 0 aliphatic carbocycles. The van der Waals surface area contributed by atoms with E-state index in [-0.39, 0.29) is 6.04 Å². The minimum atomic E-state index is 0.124. The highest BCUT2D eigenvalue weighted by Crippen LogP contribution is 2.19. The van der Waals surface area contributed by atoms with Gasteiger partial charge in [0.25, 0.3) is 0 Å². The number of ether oxygens (including phenoxy) is 1. The minimum absolute atomic E-state index is 0.124. The molecule has 2 rings (SSSR count). The van der Waals surface area contributed by atoms with Gasteiger partial charge >= 0.3 is 0 Å². The molecule has 3 heteroatoms. The van der Waals surface area contributed by atoms with Crippen LogP contribution in [-0.4, -0.2) is 13.7 Å². The molecule has 0 heterocycles. The molecular weight excluding hydrogens is 236 g/mol. The zero-order valence-corrected chi connectivity index (χ0v) is 11.2. The van der Waals surface area contributed by atoms with Crippen molar-refractivity contribution in [3.8, 4) is 0 Å². The van der Waals surface area contributed by atoms with Crippen LogP contribution in [0.3, 0.4) is 0 Å². The molecule has 3 N–H and O–H groups in total. The first kappa shape index (κ1) is 13.6. The topological polar surface area (TPSA) is 47.3 Å². The van der Waals surface area contributed by atoms with Crippen molar-refractivity contribution >= 4 is 5.69 Å². The molecule has 19 heavy (non-hydrogen) atoms. The molecule has 0 saturated heterocycles. The number of hydrogen-bond acceptors (Lipinski definition) is 3. The van der Waals surface area contributed by atoms with Gasteiger partial charge in [-0.05, 0) is 23.3 Å². The van der Waals surface area contributed by atoms with E-state index in [1.165, 1.54) is 11.1 Å². The summed E-state index contributed by atoms with van der Waals surface area (Å²) < 4.78 is 5.11. The molecule has 0 bridgehead atoms. The third-order valence-corrected chi connectivity index (χ3v) is 3.04. The molecule has 0 aliphatic heterocycles. The van der Waals surface area contributed by atoms with Crippen LogP contribution in [0, 0.1) is 0 Å². The highest BCUT2D eigenvalue weighted by atomic mass is 16.5. The van der Waals surface area contributed by atoms with Crippen LogP contribution >= 0.6 is 0 Å². The maximum Gasteiger partial charge on any atom is 0.0713 e. The summed E-state index contributed by atoms with van der Waals surface area (Å²) in [7, 11) is 1.70. The Labute approximate surface area is 114 Å². The van der Waals surface area contributed by atoms with Crippen molar-refractivity contribution < 1.29 is 4.74 Å². The molecule has 3 nitrogen and oxygen atoms in total. The van der Waals surface area contributed by atoms with Gasteiger partial charge in [-0.15, -0.1) is 0 Å². The van der Waals surface area contributed by atoms with E-state index in [2.05, 4.69) is 29.6 Å². The summed E-state index contributed by atoms with van der Waals surface area (Å²) in [6, 6.07) is 18.6. The molecule has 0 spiro atoms. The second-order valence-electron chi connectivity index (χ2n) is 4.47. The van der Waals surface area contributed by atoms with Gasteiger partial charge in [0.1, 0.15) is 0 Å². The van der Waals surface area contributed by atoms with Gasteiger partial charge in [-0.25, -0.2) is 0 Å². The van der Waals surface area contributed by atoms with Gasteiger partial charge in [0.2, 0.25) is 0 Å². The average Bonchev–Trinajstić information content (AvgIpc) is 2.47. The molecule has 0 saturated carbocycles. The molecule has 1 unspecified atom stereocenters. The minimum Gasteiger partial charge on any atom is -0.380 e. The largest absolute Gasteiger partial charge is 0.380 e. The lowest BCUT2D eigenvalue weighted by Crippen LogP contribution is -2.20. The third-order valence-electron chi connectivity index (χ3n) is 3.04. The van der Waals surface area contributed by atoms with Crippen LogP contribution in [0.4, 0.5) is 5.69 Å². The number of methoxy groups -OCH3 is 1. The predicted octanol–water partition coefficient (Wildman–Crippen LogP) is 2.94. The van der Waals surface area contributed by atoms with Gasteiger partial charge in [0.15, 0.2) is 0 Å². The standard InChI is InChI=1S/C16H20N2O/c1-19-12-13-7-9-14(10-8-13)16(11-17)18-15-5-3-2-4-6-15/h2-10,16,18H,11-12,17H2,1H3. The second kappa shape index (κ2) is 6.92. The van der Waals surface area contributed by atoms with E-state index in [1.807, 2.05) is 30.3 Å². The first-order chi connectivity index (χ1) is 9.33. The van der Waals surface area contributed by atoms with Gasteiger partial charge in [0.05, 0.1) is 12.6 Å². The van der Waals surface area contributed by atoms with Crippen LogP contribution in [0.1, 0.15) is 17.2 Å². The van der Waals surface area contributed by atoms with Crippen molar-refractivity contribution in [2.24, 2.45) is 5.73 Å². The molecule has 0 amide bonds. The highest BCUT2D eigenvalue weighted by molar-refractivity contribution is 5.45.